The first-order valence-electron chi connectivity index (χ1n) is 5.83. The summed E-state index contributed by atoms with van der Waals surface area (Å²) in [4.78, 5) is 0. The van der Waals surface area contributed by atoms with Crippen molar-refractivity contribution in [3.63, 3.8) is 0 Å². The molecule has 1 atom stereocenters. The number of hydrogen-bond donors (Lipinski definition) is 2. The molecule has 0 aromatic rings. The van der Waals surface area contributed by atoms with E-state index >= 15 is 0 Å². The van der Waals surface area contributed by atoms with Crippen LogP contribution in [0.5, 0.6) is 0 Å². The Labute approximate surface area is 121 Å². The highest BCUT2D eigenvalue weighted by Gasteiger charge is 2.56. The molecule has 1 unspecified atom stereocenters. The van der Waals surface area contributed by atoms with Gasteiger partial charge in [-0.25, -0.2) is 0 Å². The largest absolute Gasteiger partial charge is 0.575 e. The Kier molecular flexibility index (Phi) is 10.2. The average Bonchev–Trinajstić information content (AvgIpc) is 2.30. The molecule has 0 fully saturated rings. The van der Waals surface area contributed by atoms with E-state index in [2.05, 4.69) is 18.6 Å². The molecule has 0 radical (unpaired) electrons. The first kappa shape index (κ1) is 18.5. The van der Waals surface area contributed by atoms with Gasteiger partial charge in [0, 0.05) is 19.8 Å². The van der Waals surface area contributed by atoms with Crippen LogP contribution in [0.3, 0.4) is 0 Å². The molecule has 17 heavy (non-hydrogen) atoms. The molecule has 8 heteroatoms. The summed E-state index contributed by atoms with van der Waals surface area (Å²) in [6, 6.07) is 0. The van der Waals surface area contributed by atoms with Gasteiger partial charge in [-0.15, -0.1) is 23.3 Å². The summed E-state index contributed by atoms with van der Waals surface area (Å²) >= 11 is 9.22. The molecular weight excluding hydrogens is 312 g/mol. The highest BCUT2D eigenvalue weighted by molar-refractivity contribution is 9.40. The molecule has 0 bridgehead atoms. The maximum Gasteiger partial charge on any atom is 0.575 e. The van der Waals surface area contributed by atoms with E-state index in [9.17, 15) is 0 Å². The lowest BCUT2D eigenvalue weighted by atomic mass is 10.6. The third kappa shape index (κ3) is 4.83. The van der Waals surface area contributed by atoms with Gasteiger partial charge >= 0.3 is 7.95 Å². The van der Waals surface area contributed by atoms with Crippen molar-refractivity contribution >= 4 is 48.6 Å². The molecule has 0 heterocycles. The summed E-state index contributed by atoms with van der Waals surface area (Å²) in [5.41, 5.74) is 0. The van der Waals surface area contributed by atoms with Gasteiger partial charge in [0.2, 0.25) is 0 Å². The van der Waals surface area contributed by atoms with Crippen LogP contribution < -0.4 is 0 Å². The van der Waals surface area contributed by atoms with Gasteiger partial charge in [-0.1, -0.05) is 14.5 Å². The summed E-state index contributed by atoms with van der Waals surface area (Å²) in [6.07, 6.45) is 1.02. The van der Waals surface area contributed by atoms with Crippen molar-refractivity contribution in [1.29, 1.82) is 0 Å². The lowest BCUT2D eigenvalue weighted by Gasteiger charge is -2.43. The Morgan fingerprint density at radius 3 is 1.65 bits per heavy atom. The van der Waals surface area contributed by atoms with Crippen molar-refractivity contribution in [1.82, 2.24) is 0 Å². The first-order chi connectivity index (χ1) is 8.05. The van der Waals surface area contributed by atoms with Gasteiger partial charge in [-0.2, -0.15) is 0 Å². The van der Waals surface area contributed by atoms with Crippen molar-refractivity contribution in [3.05, 3.63) is 0 Å². The van der Waals surface area contributed by atoms with Gasteiger partial charge in [0.15, 0.2) is 0 Å². The van der Waals surface area contributed by atoms with Crippen LogP contribution in [0.1, 0.15) is 34.1 Å². The molecule has 0 amide bonds. The molecule has 0 aliphatic carbocycles. The first-order valence-corrected chi connectivity index (χ1v) is 13.5. The van der Waals surface area contributed by atoms with Gasteiger partial charge in [0.25, 0.3) is 0 Å². The molecule has 0 aromatic carbocycles. The molecular formula is C9H24O3S4Si. The van der Waals surface area contributed by atoms with Crippen molar-refractivity contribution < 1.29 is 13.3 Å². The van der Waals surface area contributed by atoms with Crippen molar-refractivity contribution in [3.8, 4) is 0 Å². The topological polar surface area (TPSA) is 27.7 Å². The van der Waals surface area contributed by atoms with E-state index in [-0.39, 0.29) is 0 Å². The summed E-state index contributed by atoms with van der Waals surface area (Å²) in [5.74, 6) is 0.927. The highest BCUT2D eigenvalue weighted by atomic mass is 33.8. The predicted octanol–water partition coefficient (Wildman–Crippen LogP) is 4.08. The van der Waals surface area contributed by atoms with Crippen molar-refractivity contribution in [2.75, 3.05) is 25.6 Å². The lowest BCUT2D eigenvalue weighted by molar-refractivity contribution is 0.0962. The minimum atomic E-state index is -2.74. The fourth-order valence-electron chi connectivity index (χ4n) is 1.42. The highest BCUT2D eigenvalue weighted by Crippen LogP contribution is 2.72. The number of rotatable bonds is 10. The number of hydrogen-bond acceptors (Lipinski definition) is 6. The molecule has 0 aliphatic rings. The fourth-order valence-corrected chi connectivity index (χ4v) is 16.6. The van der Waals surface area contributed by atoms with E-state index in [4.69, 9.17) is 24.9 Å². The molecule has 0 aromatic heterocycles. The smallest absolute Gasteiger partial charge is 0.366 e. The molecule has 0 saturated carbocycles. The van der Waals surface area contributed by atoms with Crippen LogP contribution in [0, 0.1) is 0 Å². The zero-order chi connectivity index (χ0) is 13.4. The quantitative estimate of drug-likeness (QED) is 0.357. The standard InChI is InChI=1S/C9H24O3S4Si/c1-5-9-16(14,15-13)17(10-6-2,11-7-3)12-8-4/h13-14H,5-9H2,1-4H3. The second kappa shape index (κ2) is 9.41. The monoisotopic (exact) mass is 336 g/mol. The molecule has 0 spiro atoms. The minimum absolute atomic E-state index is 0.583. The summed E-state index contributed by atoms with van der Waals surface area (Å²) in [6.45, 7) is 9.76. The molecule has 0 N–H and O–H groups in total. The zero-order valence-electron chi connectivity index (χ0n) is 11.0. The lowest BCUT2D eigenvalue weighted by Crippen LogP contribution is -2.49. The average molecular weight is 337 g/mol. The van der Waals surface area contributed by atoms with Gasteiger partial charge < -0.3 is 13.3 Å². The minimum Gasteiger partial charge on any atom is -0.366 e. The fraction of sp³-hybridized carbons (Fsp3) is 1.00. The van der Waals surface area contributed by atoms with E-state index in [0.717, 1.165) is 12.2 Å². The van der Waals surface area contributed by atoms with E-state index in [1.54, 1.807) is 0 Å². The van der Waals surface area contributed by atoms with Crippen LogP contribution in [0.2, 0.25) is 0 Å². The Balaban J connectivity index is 5.17. The summed E-state index contributed by atoms with van der Waals surface area (Å²) in [7, 11) is -2.75. The molecule has 0 rings (SSSR count). The van der Waals surface area contributed by atoms with E-state index in [0.29, 0.717) is 19.8 Å². The van der Waals surface area contributed by atoms with E-state index in [1.807, 2.05) is 20.8 Å². The van der Waals surface area contributed by atoms with Gasteiger partial charge in [-0.05, 0) is 42.8 Å². The molecule has 0 aliphatic heterocycles. The van der Waals surface area contributed by atoms with Crippen molar-refractivity contribution in [2.45, 2.75) is 34.1 Å². The SMILES string of the molecule is CCCS(S)(SS)[Si](OCC)(OCC)OCC. The Bertz CT molecular complexity index is 194. The molecule has 106 valence electrons. The van der Waals surface area contributed by atoms with Crippen LogP contribution in [0.15, 0.2) is 0 Å². The van der Waals surface area contributed by atoms with Crippen molar-refractivity contribution in [2.24, 2.45) is 0 Å². The summed E-state index contributed by atoms with van der Waals surface area (Å²) < 4.78 is 17.7. The maximum atomic E-state index is 5.90. The van der Waals surface area contributed by atoms with Crippen LogP contribution in [0.25, 0.3) is 0 Å². The zero-order valence-corrected chi connectivity index (χ0v) is 15.4. The van der Waals surface area contributed by atoms with E-state index in [1.165, 1.54) is 9.83 Å². The van der Waals surface area contributed by atoms with E-state index < -0.39 is 15.5 Å². The number of thiol groups is 2. The maximum absolute atomic E-state index is 5.90. The Hall–Kier alpha value is 1.50. The second-order valence-electron chi connectivity index (χ2n) is 3.22. The van der Waals surface area contributed by atoms with Gasteiger partial charge in [-0.3, -0.25) is 0 Å². The Morgan fingerprint density at radius 2 is 1.41 bits per heavy atom. The Morgan fingerprint density at radius 1 is 1.00 bits per heavy atom. The summed E-state index contributed by atoms with van der Waals surface area (Å²) in [5, 5.41) is 0. The molecule has 3 nitrogen and oxygen atoms in total. The van der Waals surface area contributed by atoms with Crippen LogP contribution in [-0.2, 0) is 13.3 Å². The third-order valence-electron chi connectivity index (χ3n) is 1.96. The second-order valence-corrected chi connectivity index (χ2v) is 18.5. The normalized spacial score (nSPS) is 17.8. The van der Waals surface area contributed by atoms with Crippen LogP contribution in [-0.4, -0.2) is 33.5 Å². The predicted molar refractivity (Wildman–Crippen MR) is 88.9 cm³/mol. The van der Waals surface area contributed by atoms with Crippen LogP contribution >= 0.6 is 40.7 Å². The van der Waals surface area contributed by atoms with Crippen LogP contribution in [0.4, 0.5) is 0 Å². The molecule has 0 saturated heterocycles. The van der Waals surface area contributed by atoms with Gasteiger partial charge in [0.1, 0.15) is 0 Å². The van der Waals surface area contributed by atoms with Gasteiger partial charge in [0.05, 0.1) is 0 Å². The third-order valence-corrected chi connectivity index (χ3v) is 21.6.